The van der Waals surface area contributed by atoms with E-state index in [1.165, 1.54) is 5.56 Å². The van der Waals surface area contributed by atoms with Gasteiger partial charge in [-0.05, 0) is 43.3 Å². The fraction of sp³-hybridized carbons (Fsp3) is 0.286. The Labute approximate surface area is 177 Å². The van der Waals surface area contributed by atoms with Crippen LogP contribution in [0.25, 0.3) is 11.4 Å². The standard InChI is InChI=1S/C21H21ClF2N4O2/c1-14(12-28(2)13-15-6-4-3-5-7-15)25-19(29)17-10-8-16(9-11-17)18-26-20(30-27-18)21(22,23)24/h3-11,14H,12-13H2,1-2H3,(H,25,29)/t14-/m1/s1. The highest BCUT2D eigenvalue weighted by atomic mass is 35.5. The van der Waals surface area contributed by atoms with E-state index in [0.717, 1.165) is 6.54 Å². The highest BCUT2D eigenvalue weighted by Gasteiger charge is 2.35. The van der Waals surface area contributed by atoms with Crippen molar-refractivity contribution in [3.8, 4) is 11.4 Å². The summed E-state index contributed by atoms with van der Waals surface area (Å²) in [5, 5.41) is 2.71. The van der Waals surface area contributed by atoms with Crippen molar-refractivity contribution in [3.63, 3.8) is 0 Å². The molecule has 1 aromatic heterocycles. The topological polar surface area (TPSA) is 71.3 Å². The molecular weight excluding hydrogens is 414 g/mol. The lowest BCUT2D eigenvalue weighted by Gasteiger charge is -2.22. The average molecular weight is 435 g/mol. The summed E-state index contributed by atoms with van der Waals surface area (Å²) in [5.74, 6) is -1.24. The Morgan fingerprint density at radius 1 is 1.20 bits per heavy atom. The molecule has 9 heteroatoms. The van der Waals surface area contributed by atoms with Gasteiger partial charge in [0.2, 0.25) is 5.82 Å². The SMILES string of the molecule is C[C@H](CN(C)Cc1ccccc1)NC(=O)c1ccc(-c2noc(C(F)(F)Cl)n2)cc1. The van der Waals surface area contributed by atoms with Crippen molar-refractivity contribution in [2.45, 2.75) is 24.9 Å². The van der Waals surface area contributed by atoms with E-state index in [4.69, 9.17) is 11.6 Å². The lowest BCUT2D eigenvalue weighted by molar-refractivity contribution is 0.0551. The second-order valence-electron chi connectivity index (χ2n) is 7.06. The van der Waals surface area contributed by atoms with E-state index in [1.54, 1.807) is 24.3 Å². The Balaban J connectivity index is 1.55. The number of aromatic nitrogens is 2. The Morgan fingerprint density at radius 3 is 2.47 bits per heavy atom. The zero-order valence-electron chi connectivity index (χ0n) is 16.5. The molecule has 0 spiro atoms. The fourth-order valence-electron chi connectivity index (χ4n) is 3.01. The average Bonchev–Trinajstić information content (AvgIpc) is 3.19. The highest BCUT2D eigenvalue weighted by molar-refractivity contribution is 6.21. The molecule has 2 aromatic carbocycles. The van der Waals surface area contributed by atoms with Gasteiger partial charge in [-0.1, -0.05) is 47.6 Å². The zero-order chi connectivity index (χ0) is 21.7. The summed E-state index contributed by atoms with van der Waals surface area (Å²) in [6.07, 6.45) is 0. The van der Waals surface area contributed by atoms with Crippen LogP contribution >= 0.6 is 11.6 Å². The molecule has 0 saturated heterocycles. The van der Waals surface area contributed by atoms with E-state index < -0.39 is 11.3 Å². The minimum absolute atomic E-state index is 0.0341. The highest BCUT2D eigenvalue weighted by Crippen LogP contribution is 2.32. The van der Waals surface area contributed by atoms with Gasteiger partial charge < -0.3 is 14.7 Å². The monoisotopic (exact) mass is 434 g/mol. The molecule has 1 heterocycles. The van der Waals surface area contributed by atoms with Crippen LogP contribution in [0.15, 0.2) is 59.1 Å². The van der Waals surface area contributed by atoms with Crippen LogP contribution in [0.2, 0.25) is 0 Å². The molecule has 0 aliphatic rings. The number of rotatable bonds is 8. The van der Waals surface area contributed by atoms with Crippen molar-refractivity contribution in [1.82, 2.24) is 20.4 Å². The van der Waals surface area contributed by atoms with Gasteiger partial charge in [0, 0.05) is 30.3 Å². The molecule has 3 rings (SSSR count). The first kappa shape index (κ1) is 21.9. The number of carbonyl (C=O) groups is 1. The first-order chi connectivity index (χ1) is 14.2. The molecule has 0 saturated carbocycles. The molecule has 3 aromatic rings. The number of hydrogen-bond donors (Lipinski definition) is 1. The number of alkyl halides is 3. The van der Waals surface area contributed by atoms with Gasteiger partial charge in [-0.15, -0.1) is 0 Å². The Hall–Kier alpha value is -2.84. The summed E-state index contributed by atoms with van der Waals surface area (Å²) >= 11 is 4.87. The molecule has 1 atom stereocenters. The van der Waals surface area contributed by atoms with E-state index in [0.29, 0.717) is 17.7 Å². The molecule has 1 amide bonds. The van der Waals surface area contributed by atoms with Crippen LogP contribution in [0.3, 0.4) is 0 Å². The van der Waals surface area contributed by atoms with Gasteiger partial charge in [0.1, 0.15) is 0 Å². The third kappa shape index (κ3) is 5.84. The van der Waals surface area contributed by atoms with E-state index in [9.17, 15) is 13.6 Å². The smallest absolute Gasteiger partial charge is 0.348 e. The number of amides is 1. The Morgan fingerprint density at radius 2 is 1.87 bits per heavy atom. The number of hydrogen-bond acceptors (Lipinski definition) is 5. The van der Waals surface area contributed by atoms with Crippen molar-refractivity contribution in [3.05, 3.63) is 71.6 Å². The summed E-state index contributed by atoms with van der Waals surface area (Å²) in [6, 6.07) is 16.3. The Bertz CT molecular complexity index is 975. The predicted molar refractivity (Wildman–Crippen MR) is 109 cm³/mol. The van der Waals surface area contributed by atoms with Crippen molar-refractivity contribution in [2.24, 2.45) is 0 Å². The van der Waals surface area contributed by atoms with E-state index in [1.807, 2.05) is 32.2 Å². The second kappa shape index (κ2) is 9.32. The van der Waals surface area contributed by atoms with E-state index in [2.05, 4.69) is 37.0 Å². The van der Waals surface area contributed by atoms with Gasteiger partial charge in [0.25, 0.3) is 5.91 Å². The summed E-state index contributed by atoms with van der Waals surface area (Å²) in [6.45, 7) is 3.39. The third-order valence-corrected chi connectivity index (χ3v) is 4.49. The van der Waals surface area contributed by atoms with Crippen LogP contribution in [0, 0.1) is 0 Å². The van der Waals surface area contributed by atoms with Crippen molar-refractivity contribution in [2.75, 3.05) is 13.6 Å². The van der Waals surface area contributed by atoms with Gasteiger partial charge in [-0.3, -0.25) is 4.79 Å². The number of nitrogens with zero attached hydrogens (tertiary/aromatic N) is 3. The minimum Gasteiger partial charge on any atom is -0.348 e. The molecule has 1 N–H and O–H groups in total. The van der Waals surface area contributed by atoms with Crippen molar-refractivity contribution < 1.29 is 18.1 Å². The number of benzene rings is 2. The maximum absolute atomic E-state index is 13.0. The zero-order valence-corrected chi connectivity index (χ0v) is 17.2. The van der Waals surface area contributed by atoms with Crippen LogP contribution in [-0.4, -0.2) is 40.6 Å². The summed E-state index contributed by atoms with van der Waals surface area (Å²) in [7, 11) is 1.99. The molecule has 0 aliphatic carbocycles. The molecule has 30 heavy (non-hydrogen) atoms. The van der Waals surface area contributed by atoms with Crippen LogP contribution in [0.5, 0.6) is 0 Å². The number of halogens is 3. The van der Waals surface area contributed by atoms with Crippen LogP contribution in [0.4, 0.5) is 8.78 Å². The number of carbonyl (C=O) groups excluding carboxylic acids is 1. The fourth-order valence-corrected chi connectivity index (χ4v) is 3.08. The first-order valence-electron chi connectivity index (χ1n) is 9.27. The molecular formula is C21H21ClF2N4O2. The third-order valence-electron chi connectivity index (χ3n) is 4.33. The van der Waals surface area contributed by atoms with Crippen LogP contribution in [-0.2, 0) is 11.9 Å². The maximum Gasteiger partial charge on any atom is 0.400 e. The largest absolute Gasteiger partial charge is 0.400 e. The molecule has 158 valence electrons. The van der Waals surface area contributed by atoms with Gasteiger partial charge in [0.15, 0.2) is 0 Å². The summed E-state index contributed by atoms with van der Waals surface area (Å²) in [5.41, 5.74) is 2.06. The molecule has 6 nitrogen and oxygen atoms in total. The predicted octanol–water partition coefficient (Wildman–Crippen LogP) is 4.28. The maximum atomic E-state index is 13.0. The van der Waals surface area contributed by atoms with Gasteiger partial charge in [0.05, 0.1) is 0 Å². The van der Waals surface area contributed by atoms with Crippen molar-refractivity contribution in [1.29, 1.82) is 0 Å². The van der Waals surface area contributed by atoms with Crippen molar-refractivity contribution >= 4 is 17.5 Å². The molecule has 0 bridgehead atoms. The summed E-state index contributed by atoms with van der Waals surface area (Å²) < 4.78 is 30.5. The van der Waals surface area contributed by atoms with E-state index >= 15 is 0 Å². The first-order valence-corrected chi connectivity index (χ1v) is 9.65. The lowest BCUT2D eigenvalue weighted by atomic mass is 10.1. The lowest BCUT2D eigenvalue weighted by Crippen LogP contribution is -2.40. The van der Waals surface area contributed by atoms with Gasteiger partial charge >= 0.3 is 11.3 Å². The minimum atomic E-state index is -3.73. The van der Waals surface area contributed by atoms with Crippen LogP contribution < -0.4 is 5.32 Å². The number of likely N-dealkylation sites (N-methyl/N-ethyl adjacent to an activating group) is 1. The second-order valence-corrected chi connectivity index (χ2v) is 7.53. The van der Waals surface area contributed by atoms with Crippen LogP contribution in [0.1, 0.15) is 28.7 Å². The molecule has 0 radical (unpaired) electrons. The van der Waals surface area contributed by atoms with E-state index in [-0.39, 0.29) is 17.8 Å². The van der Waals surface area contributed by atoms with Gasteiger partial charge in [-0.25, -0.2) is 0 Å². The summed E-state index contributed by atoms with van der Waals surface area (Å²) in [4.78, 5) is 18.2. The molecule has 0 fully saturated rings. The van der Waals surface area contributed by atoms with Gasteiger partial charge in [-0.2, -0.15) is 13.8 Å². The Kier molecular flexibility index (Phi) is 6.79. The quantitative estimate of drug-likeness (QED) is 0.536. The molecule has 0 aliphatic heterocycles. The number of nitrogens with one attached hydrogen (secondary N) is 1. The molecule has 0 unspecified atom stereocenters. The normalized spacial score (nSPS) is 12.7.